The Labute approximate surface area is 107 Å². The van der Waals surface area contributed by atoms with Gasteiger partial charge in [0.25, 0.3) is 0 Å². The number of rotatable bonds is 4. The van der Waals surface area contributed by atoms with Crippen molar-refractivity contribution in [2.24, 2.45) is 0 Å². The Bertz CT molecular complexity index is 559. The van der Waals surface area contributed by atoms with Crippen molar-refractivity contribution in [3.8, 4) is 17.2 Å². The van der Waals surface area contributed by atoms with E-state index in [-0.39, 0.29) is 5.75 Å². The van der Waals surface area contributed by atoms with Gasteiger partial charge in [-0.2, -0.15) is 0 Å². The quantitative estimate of drug-likeness (QED) is 0.811. The predicted octanol–water partition coefficient (Wildman–Crippen LogP) is 4.22. The minimum Gasteiger partial charge on any atom is -0.504 e. The molecule has 2 aromatic carbocycles. The molecule has 0 atom stereocenters. The van der Waals surface area contributed by atoms with Crippen molar-refractivity contribution in [2.45, 2.75) is 13.3 Å². The van der Waals surface area contributed by atoms with Crippen LogP contribution in [0.3, 0.4) is 0 Å². The van der Waals surface area contributed by atoms with Crippen LogP contribution in [-0.2, 0) is 6.42 Å². The molecule has 0 heterocycles. The molecule has 2 nitrogen and oxygen atoms in total. The molecule has 0 aliphatic heterocycles. The predicted molar refractivity (Wildman–Crippen MR) is 73.3 cm³/mol. The lowest BCUT2D eigenvalue weighted by molar-refractivity contribution is 0.406. The van der Waals surface area contributed by atoms with Crippen LogP contribution in [0.5, 0.6) is 17.2 Å². The Morgan fingerprint density at radius 1 is 1.11 bits per heavy atom. The van der Waals surface area contributed by atoms with Crippen molar-refractivity contribution in [1.82, 2.24) is 0 Å². The molecule has 1 N–H and O–H groups in total. The summed E-state index contributed by atoms with van der Waals surface area (Å²) in [6.07, 6.45) is 2.38. The lowest BCUT2D eigenvalue weighted by atomic mass is 10.1. The van der Waals surface area contributed by atoms with Gasteiger partial charge in [0, 0.05) is 5.56 Å². The van der Waals surface area contributed by atoms with Gasteiger partial charge in [0.05, 0.1) is 0 Å². The van der Waals surface area contributed by atoms with Crippen LogP contribution in [0.2, 0.25) is 0 Å². The van der Waals surface area contributed by atoms with Crippen molar-refractivity contribution in [2.75, 3.05) is 0 Å². The van der Waals surface area contributed by atoms with E-state index in [1.807, 2.05) is 43.3 Å². The molecule has 0 aliphatic carbocycles. The van der Waals surface area contributed by atoms with E-state index in [9.17, 15) is 5.11 Å². The van der Waals surface area contributed by atoms with Gasteiger partial charge in [0.15, 0.2) is 11.5 Å². The van der Waals surface area contributed by atoms with Gasteiger partial charge in [-0.05, 0) is 31.0 Å². The van der Waals surface area contributed by atoms with Crippen molar-refractivity contribution < 1.29 is 9.84 Å². The number of aryl methyl sites for hydroxylation is 1. The molecule has 0 amide bonds. The van der Waals surface area contributed by atoms with Gasteiger partial charge in [-0.25, -0.2) is 0 Å². The lowest BCUT2D eigenvalue weighted by Crippen LogP contribution is -1.90. The molecule has 0 unspecified atom stereocenters. The largest absolute Gasteiger partial charge is 0.504 e. The Morgan fingerprint density at radius 2 is 1.83 bits per heavy atom. The first-order valence-corrected chi connectivity index (χ1v) is 5.87. The van der Waals surface area contributed by atoms with Crippen LogP contribution in [0.4, 0.5) is 0 Å². The van der Waals surface area contributed by atoms with Crippen LogP contribution < -0.4 is 4.74 Å². The van der Waals surface area contributed by atoms with Crippen molar-refractivity contribution >= 4 is 0 Å². The lowest BCUT2D eigenvalue weighted by Gasteiger charge is -2.11. The number of allylic oxidation sites excluding steroid dienone is 1. The Balaban J connectivity index is 2.32. The summed E-state index contributed by atoms with van der Waals surface area (Å²) in [4.78, 5) is 0. The number of hydrogen-bond acceptors (Lipinski definition) is 2. The zero-order valence-electron chi connectivity index (χ0n) is 10.4. The van der Waals surface area contributed by atoms with Crippen LogP contribution in [0.25, 0.3) is 0 Å². The summed E-state index contributed by atoms with van der Waals surface area (Å²) < 4.78 is 5.74. The van der Waals surface area contributed by atoms with Crippen LogP contribution in [-0.4, -0.2) is 5.11 Å². The summed E-state index contributed by atoms with van der Waals surface area (Å²) in [5.41, 5.74) is 1.85. The van der Waals surface area contributed by atoms with Crippen LogP contribution >= 0.6 is 0 Å². The minimum atomic E-state index is 0.181. The third-order valence-electron chi connectivity index (χ3n) is 2.76. The summed E-state index contributed by atoms with van der Waals surface area (Å²) in [7, 11) is 0. The molecule has 2 heteroatoms. The molecule has 0 aromatic heterocycles. The summed E-state index contributed by atoms with van der Waals surface area (Å²) in [6, 6.07) is 13.2. The molecule has 0 aliphatic rings. The summed E-state index contributed by atoms with van der Waals surface area (Å²) >= 11 is 0. The highest BCUT2D eigenvalue weighted by Gasteiger charge is 2.08. The topological polar surface area (TPSA) is 29.5 Å². The zero-order chi connectivity index (χ0) is 13.0. The third-order valence-corrected chi connectivity index (χ3v) is 2.76. The van der Waals surface area contributed by atoms with Gasteiger partial charge in [-0.15, -0.1) is 6.58 Å². The van der Waals surface area contributed by atoms with E-state index in [0.717, 1.165) is 16.9 Å². The average Bonchev–Trinajstić information content (AvgIpc) is 2.37. The van der Waals surface area contributed by atoms with Gasteiger partial charge >= 0.3 is 0 Å². The minimum absolute atomic E-state index is 0.181. The van der Waals surface area contributed by atoms with Crippen molar-refractivity contribution in [3.05, 3.63) is 66.2 Å². The Morgan fingerprint density at radius 3 is 2.56 bits per heavy atom. The number of ether oxygens (including phenoxy) is 1. The van der Waals surface area contributed by atoms with Gasteiger partial charge in [0.2, 0.25) is 0 Å². The molecule has 0 spiro atoms. The first-order chi connectivity index (χ1) is 8.72. The van der Waals surface area contributed by atoms with E-state index in [1.54, 1.807) is 12.1 Å². The van der Waals surface area contributed by atoms with E-state index < -0.39 is 0 Å². The third kappa shape index (κ3) is 2.54. The fourth-order valence-corrected chi connectivity index (χ4v) is 1.76. The molecule has 0 saturated heterocycles. The summed E-state index contributed by atoms with van der Waals surface area (Å²) in [5.74, 6) is 1.41. The van der Waals surface area contributed by atoms with E-state index in [4.69, 9.17) is 4.74 Å². The number of aromatic hydroxyl groups is 1. The van der Waals surface area contributed by atoms with E-state index in [2.05, 4.69) is 6.58 Å². The molecule has 92 valence electrons. The van der Waals surface area contributed by atoms with Crippen LogP contribution in [0.1, 0.15) is 11.1 Å². The van der Waals surface area contributed by atoms with Gasteiger partial charge < -0.3 is 9.84 Å². The first-order valence-electron chi connectivity index (χ1n) is 5.87. The van der Waals surface area contributed by atoms with E-state index >= 15 is 0 Å². The maximum absolute atomic E-state index is 10.1. The van der Waals surface area contributed by atoms with Crippen LogP contribution in [0, 0.1) is 6.92 Å². The number of phenolic OH excluding ortho intramolecular Hbond substituents is 1. The zero-order valence-corrected chi connectivity index (χ0v) is 10.4. The SMILES string of the molecule is C=CCc1cccc(Oc2ccccc2C)c1O. The number of hydrogen-bond donors (Lipinski definition) is 1. The molecule has 0 bridgehead atoms. The highest BCUT2D eigenvalue weighted by atomic mass is 16.5. The summed E-state index contributed by atoms with van der Waals surface area (Å²) in [5, 5.41) is 10.1. The average molecular weight is 240 g/mol. The Kier molecular flexibility index (Phi) is 3.68. The fraction of sp³-hybridized carbons (Fsp3) is 0.125. The number of para-hydroxylation sites is 2. The van der Waals surface area contributed by atoms with Crippen molar-refractivity contribution in [1.29, 1.82) is 0 Å². The maximum atomic E-state index is 10.1. The summed E-state index contributed by atoms with van der Waals surface area (Å²) in [6.45, 7) is 5.65. The molecule has 0 saturated carbocycles. The molecule has 0 radical (unpaired) electrons. The van der Waals surface area contributed by atoms with Gasteiger partial charge in [-0.3, -0.25) is 0 Å². The molecular weight excluding hydrogens is 224 g/mol. The molecule has 2 rings (SSSR count). The molecule has 18 heavy (non-hydrogen) atoms. The first kappa shape index (κ1) is 12.2. The van der Waals surface area contributed by atoms with Crippen LogP contribution in [0.15, 0.2) is 55.1 Å². The fourth-order valence-electron chi connectivity index (χ4n) is 1.76. The second kappa shape index (κ2) is 5.41. The number of benzene rings is 2. The van der Waals surface area contributed by atoms with Gasteiger partial charge in [0.1, 0.15) is 5.75 Å². The van der Waals surface area contributed by atoms with Crippen molar-refractivity contribution in [3.63, 3.8) is 0 Å². The highest BCUT2D eigenvalue weighted by molar-refractivity contribution is 5.49. The van der Waals surface area contributed by atoms with E-state index in [1.165, 1.54) is 0 Å². The maximum Gasteiger partial charge on any atom is 0.169 e. The standard InChI is InChI=1S/C16H16O2/c1-3-7-13-9-6-11-15(16(13)17)18-14-10-5-4-8-12(14)2/h3-6,8-11,17H,1,7H2,2H3. The molecular formula is C16H16O2. The second-order valence-corrected chi connectivity index (χ2v) is 4.12. The normalized spacial score (nSPS) is 10.1. The smallest absolute Gasteiger partial charge is 0.169 e. The van der Waals surface area contributed by atoms with E-state index in [0.29, 0.717) is 12.2 Å². The molecule has 0 fully saturated rings. The van der Waals surface area contributed by atoms with Gasteiger partial charge in [-0.1, -0.05) is 36.4 Å². The highest BCUT2D eigenvalue weighted by Crippen LogP contribution is 2.34. The second-order valence-electron chi connectivity index (χ2n) is 4.12. The molecule has 2 aromatic rings. The monoisotopic (exact) mass is 240 g/mol. The Hall–Kier alpha value is -2.22. The number of phenols is 1.